The molecule has 0 bridgehead atoms. The standard InChI is InChI=1S/C19H33N3O2.HI/c1-5-20-19(21-11-10-16(2)3)22-15-17-8-6-9-18(14-17)24-13-7-12-23-4;/h6,8-9,14,16H,5,7,10-13,15H2,1-4H3,(H2,20,21,22);1H. The molecule has 25 heavy (non-hydrogen) atoms. The van der Waals surface area contributed by atoms with Gasteiger partial charge < -0.3 is 20.1 Å². The lowest BCUT2D eigenvalue weighted by atomic mass is 10.1. The highest BCUT2D eigenvalue weighted by Gasteiger charge is 2.00. The molecule has 0 fully saturated rings. The SMILES string of the molecule is CCNC(=NCc1cccc(OCCCOC)c1)NCCC(C)C.I. The minimum Gasteiger partial charge on any atom is -0.493 e. The van der Waals surface area contributed by atoms with Crippen molar-refractivity contribution < 1.29 is 9.47 Å². The van der Waals surface area contributed by atoms with E-state index in [1.165, 1.54) is 0 Å². The summed E-state index contributed by atoms with van der Waals surface area (Å²) in [7, 11) is 1.70. The molecule has 0 amide bonds. The molecule has 5 nitrogen and oxygen atoms in total. The van der Waals surface area contributed by atoms with Gasteiger partial charge in [-0.2, -0.15) is 0 Å². The van der Waals surface area contributed by atoms with Crippen LogP contribution >= 0.6 is 24.0 Å². The Balaban J connectivity index is 0.00000576. The predicted molar refractivity (Wildman–Crippen MR) is 116 cm³/mol. The molecule has 0 atom stereocenters. The Morgan fingerprint density at radius 1 is 1.20 bits per heavy atom. The van der Waals surface area contributed by atoms with E-state index in [1.807, 2.05) is 18.2 Å². The normalized spacial score (nSPS) is 11.2. The van der Waals surface area contributed by atoms with E-state index in [9.17, 15) is 0 Å². The van der Waals surface area contributed by atoms with Crippen LogP contribution in [-0.4, -0.2) is 39.4 Å². The van der Waals surface area contributed by atoms with Gasteiger partial charge in [0.25, 0.3) is 0 Å². The van der Waals surface area contributed by atoms with Crippen molar-refractivity contribution >= 4 is 29.9 Å². The molecule has 0 heterocycles. The zero-order valence-electron chi connectivity index (χ0n) is 16.0. The number of methoxy groups -OCH3 is 1. The van der Waals surface area contributed by atoms with Gasteiger partial charge in [0.1, 0.15) is 5.75 Å². The van der Waals surface area contributed by atoms with Gasteiger partial charge in [-0.05, 0) is 37.0 Å². The van der Waals surface area contributed by atoms with Crippen molar-refractivity contribution in [3.05, 3.63) is 29.8 Å². The van der Waals surface area contributed by atoms with Crippen LogP contribution in [0.25, 0.3) is 0 Å². The monoisotopic (exact) mass is 463 g/mol. The third-order valence-corrected chi connectivity index (χ3v) is 3.44. The van der Waals surface area contributed by atoms with Crippen molar-refractivity contribution in [2.24, 2.45) is 10.9 Å². The molecule has 1 aromatic rings. The Morgan fingerprint density at radius 3 is 2.68 bits per heavy atom. The van der Waals surface area contributed by atoms with E-state index >= 15 is 0 Å². The van der Waals surface area contributed by atoms with Crippen LogP contribution in [0.3, 0.4) is 0 Å². The number of halogens is 1. The number of benzene rings is 1. The minimum atomic E-state index is 0. The van der Waals surface area contributed by atoms with Crippen molar-refractivity contribution in [3.63, 3.8) is 0 Å². The highest BCUT2D eigenvalue weighted by molar-refractivity contribution is 14.0. The Labute approximate surface area is 170 Å². The minimum absolute atomic E-state index is 0. The summed E-state index contributed by atoms with van der Waals surface area (Å²) in [6.45, 7) is 10.3. The summed E-state index contributed by atoms with van der Waals surface area (Å²) in [4.78, 5) is 4.65. The summed E-state index contributed by atoms with van der Waals surface area (Å²) >= 11 is 0. The lowest BCUT2D eigenvalue weighted by Gasteiger charge is -2.12. The number of nitrogens with one attached hydrogen (secondary N) is 2. The smallest absolute Gasteiger partial charge is 0.191 e. The number of aliphatic imine (C=N–C) groups is 1. The molecule has 0 radical (unpaired) electrons. The zero-order valence-corrected chi connectivity index (χ0v) is 18.3. The molecule has 6 heteroatoms. The number of guanidine groups is 1. The Bertz CT molecular complexity index is 481. The second kappa shape index (κ2) is 15.3. The van der Waals surface area contributed by atoms with E-state index in [2.05, 4.69) is 42.5 Å². The predicted octanol–water partition coefficient (Wildman–Crippen LogP) is 3.82. The van der Waals surface area contributed by atoms with Crippen LogP contribution in [-0.2, 0) is 11.3 Å². The maximum Gasteiger partial charge on any atom is 0.191 e. The lowest BCUT2D eigenvalue weighted by Crippen LogP contribution is -2.38. The third-order valence-electron chi connectivity index (χ3n) is 3.44. The van der Waals surface area contributed by atoms with Gasteiger partial charge in [0.05, 0.1) is 13.2 Å². The first kappa shape index (κ1) is 24.0. The van der Waals surface area contributed by atoms with E-state index in [0.29, 0.717) is 19.1 Å². The fourth-order valence-corrected chi connectivity index (χ4v) is 2.12. The summed E-state index contributed by atoms with van der Waals surface area (Å²) in [5, 5.41) is 6.66. The molecule has 0 saturated heterocycles. The molecule has 0 saturated carbocycles. The van der Waals surface area contributed by atoms with Crippen LogP contribution < -0.4 is 15.4 Å². The average Bonchev–Trinajstić information content (AvgIpc) is 2.57. The van der Waals surface area contributed by atoms with Crippen LogP contribution in [0.1, 0.15) is 39.2 Å². The van der Waals surface area contributed by atoms with Gasteiger partial charge in [-0.25, -0.2) is 4.99 Å². The summed E-state index contributed by atoms with van der Waals surface area (Å²) in [6.07, 6.45) is 2.03. The lowest BCUT2D eigenvalue weighted by molar-refractivity contribution is 0.172. The van der Waals surface area contributed by atoms with Crippen LogP contribution in [0.4, 0.5) is 0 Å². The van der Waals surface area contributed by atoms with Gasteiger partial charge >= 0.3 is 0 Å². The third kappa shape index (κ3) is 12.0. The zero-order chi connectivity index (χ0) is 17.6. The molecule has 0 spiro atoms. The quantitative estimate of drug-likeness (QED) is 0.227. The largest absolute Gasteiger partial charge is 0.493 e. The van der Waals surface area contributed by atoms with Gasteiger partial charge in [-0.15, -0.1) is 24.0 Å². The van der Waals surface area contributed by atoms with Crippen LogP contribution in [0.5, 0.6) is 5.75 Å². The fourth-order valence-electron chi connectivity index (χ4n) is 2.12. The molecular formula is C19H34IN3O2. The van der Waals surface area contributed by atoms with E-state index in [0.717, 1.165) is 49.8 Å². The molecule has 1 aromatic carbocycles. The molecule has 0 aromatic heterocycles. The maximum atomic E-state index is 5.73. The van der Waals surface area contributed by atoms with E-state index in [4.69, 9.17) is 9.47 Å². The van der Waals surface area contributed by atoms with Crippen molar-refractivity contribution in [1.82, 2.24) is 10.6 Å². The molecule has 0 aliphatic carbocycles. The summed E-state index contributed by atoms with van der Waals surface area (Å²) in [6, 6.07) is 8.11. The highest BCUT2D eigenvalue weighted by Crippen LogP contribution is 2.14. The van der Waals surface area contributed by atoms with E-state index in [-0.39, 0.29) is 24.0 Å². The maximum absolute atomic E-state index is 5.73. The molecule has 0 aliphatic rings. The van der Waals surface area contributed by atoms with Crippen molar-refractivity contribution in [3.8, 4) is 5.75 Å². The average molecular weight is 463 g/mol. The Hall–Kier alpha value is -1.02. The molecular weight excluding hydrogens is 429 g/mol. The molecule has 144 valence electrons. The first-order valence-electron chi connectivity index (χ1n) is 8.88. The summed E-state index contributed by atoms with van der Waals surface area (Å²) in [5.41, 5.74) is 1.14. The van der Waals surface area contributed by atoms with E-state index < -0.39 is 0 Å². The van der Waals surface area contributed by atoms with Crippen molar-refractivity contribution in [2.45, 2.75) is 40.2 Å². The molecule has 0 aliphatic heterocycles. The topological polar surface area (TPSA) is 54.9 Å². The number of hydrogen-bond donors (Lipinski definition) is 2. The first-order valence-corrected chi connectivity index (χ1v) is 8.88. The molecule has 2 N–H and O–H groups in total. The van der Waals surface area contributed by atoms with Crippen LogP contribution in [0, 0.1) is 5.92 Å². The number of rotatable bonds is 11. The van der Waals surface area contributed by atoms with Gasteiger partial charge in [0, 0.05) is 33.2 Å². The van der Waals surface area contributed by atoms with Gasteiger partial charge in [0.15, 0.2) is 5.96 Å². The number of hydrogen-bond acceptors (Lipinski definition) is 3. The molecule has 0 unspecified atom stereocenters. The first-order chi connectivity index (χ1) is 11.7. The van der Waals surface area contributed by atoms with Gasteiger partial charge in [0.2, 0.25) is 0 Å². The summed E-state index contributed by atoms with van der Waals surface area (Å²) in [5.74, 6) is 2.44. The van der Waals surface area contributed by atoms with Gasteiger partial charge in [-0.3, -0.25) is 0 Å². The highest BCUT2D eigenvalue weighted by atomic mass is 127. The van der Waals surface area contributed by atoms with Crippen molar-refractivity contribution in [1.29, 1.82) is 0 Å². The Morgan fingerprint density at radius 2 is 2.00 bits per heavy atom. The number of ether oxygens (including phenoxy) is 2. The second-order valence-corrected chi connectivity index (χ2v) is 6.15. The summed E-state index contributed by atoms with van der Waals surface area (Å²) < 4.78 is 10.8. The van der Waals surface area contributed by atoms with Crippen LogP contribution in [0.15, 0.2) is 29.3 Å². The molecule has 1 rings (SSSR count). The van der Waals surface area contributed by atoms with Gasteiger partial charge in [-0.1, -0.05) is 26.0 Å². The number of nitrogens with zero attached hydrogens (tertiary/aromatic N) is 1. The Kier molecular flexibility index (Phi) is 14.6. The second-order valence-electron chi connectivity index (χ2n) is 6.15. The van der Waals surface area contributed by atoms with Crippen molar-refractivity contribution in [2.75, 3.05) is 33.4 Å². The van der Waals surface area contributed by atoms with E-state index in [1.54, 1.807) is 7.11 Å². The fraction of sp³-hybridized carbons (Fsp3) is 0.632. The van der Waals surface area contributed by atoms with Crippen LogP contribution in [0.2, 0.25) is 0 Å².